The number of carbonyl (C=O) groups is 1. The van der Waals surface area contributed by atoms with Gasteiger partial charge in [-0.05, 0) is 25.1 Å². The first-order chi connectivity index (χ1) is 15.4. The number of hydrogen-bond donors (Lipinski definition) is 1. The number of amides is 1. The summed E-state index contributed by atoms with van der Waals surface area (Å²) < 4.78 is 35.1. The third-order valence-corrected chi connectivity index (χ3v) is 7.67. The Morgan fingerprint density at radius 1 is 1.30 bits per heavy atom. The van der Waals surface area contributed by atoms with Gasteiger partial charge >= 0.3 is 0 Å². The highest BCUT2D eigenvalue weighted by Crippen LogP contribution is 2.31. The number of likely N-dealkylation sites (N-methyl/N-ethyl adjacent to an activating group) is 1. The Morgan fingerprint density at radius 2 is 2.00 bits per heavy atom. The molecule has 1 aliphatic rings. The van der Waals surface area contributed by atoms with E-state index in [0.717, 1.165) is 5.69 Å². The van der Waals surface area contributed by atoms with Crippen molar-refractivity contribution in [3.63, 3.8) is 0 Å². The molecule has 3 rings (SSSR count). The van der Waals surface area contributed by atoms with Crippen LogP contribution < -0.4 is 9.64 Å². The van der Waals surface area contributed by atoms with E-state index in [1.165, 1.54) is 23.9 Å². The van der Waals surface area contributed by atoms with E-state index in [2.05, 4.69) is 4.98 Å². The molecular weight excluding hydrogens is 446 g/mol. The maximum absolute atomic E-state index is 13.4. The number of sulfonamides is 1. The van der Waals surface area contributed by atoms with Crippen LogP contribution in [-0.4, -0.2) is 91.2 Å². The van der Waals surface area contributed by atoms with Crippen molar-refractivity contribution in [3.8, 4) is 5.75 Å². The fraction of sp³-hybridized carbons (Fsp3) is 0.545. The van der Waals surface area contributed by atoms with Crippen molar-refractivity contribution in [2.75, 3.05) is 45.7 Å². The van der Waals surface area contributed by atoms with Gasteiger partial charge in [0.15, 0.2) is 5.03 Å². The number of imidazole rings is 1. The van der Waals surface area contributed by atoms with Crippen LogP contribution in [-0.2, 0) is 17.1 Å². The maximum atomic E-state index is 13.4. The number of carbonyl (C=O) groups excluding carboxylic acids is 1. The Labute approximate surface area is 195 Å². The summed E-state index contributed by atoms with van der Waals surface area (Å²) in [4.78, 5) is 20.9. The highest BCUT2D eigenvalue weighted by molar-refractivity contribution is 7.89. The molecule has 0 saturated heterocycles. The standard InChI is InChI=1S/C22H33N5O5S/c1-15-10-27(16(2)13-28)22(29)18-9-17(24(3)4)7-8-19(18)32-20(15)11-26(6)33(30,31)21-12-25(5)14-23-21/h7-9,12,14-16,20,28H,10-11,13H2,1-6H3/t15-,16+,20-/m0/s1. The number of aliphatic hydroxyl groups is 1. The number of hydrogen-bond acceptors (Lipinski definition) is 7. The smallest absolute Gasteiger partial charge is 0.261 e. The number of fused-ring (bicyclic) bond motifs is 1. The summed E-state index contributed by atoms with van der Waals surface area (Å²) in [5.74, 6) is -0.0399. The zero-order chi connectivity index (χ0) is 24.5. The molecule has 182 valence electrons. The van der Waals surface area contributed by atoms with Crippen molar-refractivity contribution in [2.24, 2.45) is 13.0 Å². The van der Waals surface area contributed by atoms with Crippen LogP contribution in [0.3, 0.4) is 0 Å². The van der Waals surface area contributed by atoms with Crippen LogP contribution in [0.5, 0.6) is 5.75 Å². The molecule has 1 aliphatic heterocycles. The van der Waals surface area contributed by atoms with Gasteiger partial charge in [0.1, 0.15) is 11.9 Å². The molecule has 2 heterocycles. The molecule has 33 heavy (non-hydrogen) atoms. The molecule has 1 amide bonds. The number of benzene rings is 1. The van der Waals surface area contributed by atoms with Crippen molar-refractivity contribution in [3.05, 3.63) is 36.3 Å². The molecule has 0 unspecified atom stereocenters. The van der Waals surface area contributed by atoms with Gasteiger partial charge in [0.2, 0.25) is 0 Å². The topological polar surface area (TPSA) is 108 Å². The summed E-state index contributed by atoms with van der Waals surface area (Å²) in [6.07, 6.45) is 2.36. The molecule has 1 N–H and O–H groups in total. The lowest BCUT2D eigenvalue weighted by Crippen LogP contribution is -2.50. The molecule has 0 saturated carbocycles. The lowest BCUT2D eigenvalue weighted by molar-refractivity contribution is 0.0387. The fourth-order valence-corrected chi connectivity index (χ4v) is 4.88. The lowest BCUT2D eigenvalue weighted by Gasteiger charge is -2.38. The van der Waals surface area contributed by atoms with Gasteiger partial charge in [-0.1, -0.05) is 6.92 Å². The number of aliphatic hydroxyl groups excluding tert-OH is 1. The summed E-state index contributed by atoms with van der Waals surface area (Å²) in [6.45, 7) is 3.91. The minimum atomic E-state index is -3.81. The molecule has 0 aliphatic carbocycles. The quantitative estimate of drug-likeness (QED) is 0.632. The van der Waals surface area contributed by atoms with E-state index in [4.69, 9.17) is 4.74 Å². The van der Waals surface area contributed by atoms with Gasteiger partial charge < -0.3 is 24.2 Å². The van der Waals surface area contributed by atoms with Crippen LogP contribution in [0.15, 0.2) is 35.7 Å². The van der Waals surface area contributed by atoms with Crippen molar-refractivity contribution in [1.29, 1.82) is 0 Å². The van der Waals surface area contributed by atoms with E-state index in [9.17, 15) is 18.3 Å². The largest absolute Gasteiger partial charge is 0.488 e. The van der Waals surface area contributed by atoms with Crippen LogP contribution in [0.2, 0.25) is 0 Å². The summed E-state index contributed by atoms with van der Waals surface area (Å²) in [5, 5.41) is 9.73. The van der Waals surface area contributed by atoms with E-state index < -0.39 is 22.2 Å². The monoisotopic (exact) mass is 479 g/mol. The first kappa shape index (κ1) is 25.0. The van der Waals surface area contributed by atoms with E-state index in [-0.39, 0.29) is 30.0 Å². The fourth-order valence-electron chi connectivity index (χ4n) is 3.74. The molecule has 0 radical (unpaired) electrons. The molecule has 11 heteroatoms. The second kappa shape index (κ2) is 9.70. The highest BCUT2D eigenvalue weighted by atomic mass is 32.2. The van der Waals surface area contributed by atoms with Crippen LogP contribution in [0.4, 0.5) is 5.69 Å². The highest BCUT2D eigenvalue weighted by Gasteiger charge is 2.35. The Hall–Kier alpha value is -2.63. The summed E-state index contributed by atoms with van der Waals surface area (Å²) in [5.41, 5.74) is 1.22. The van der Waals surface area contributed by atoms with Gasteiger partial charge in [0.05, 0.1) is 31.1 Å². The van der Waals surface area contributed by atoms with E-state index in [1.54, 1.807) is 35.6 Å². The third-order valence-electron chi connectivity index (χ3n) is 5.96. The van der Waals surface area contributed by atoms with Gasteiger partial charge in [-0.3, -0.25) is 4.79 Å². The maximum Gasteiger partial charge on any atom is 0.261 e. The number of anilines is 1. The van der Waals surface area contributed by atoms with E-state index in [0.29, 0.717) is 17.9 Å². The normalized spacial score (nSPS) is 20.1. The molecule has 3 atom stereocenters. The average Bonchev–Trinajstić information content (AvgIpc) is 3.22. The molecule has 0 fully saturated rings. The molecular formula is C22H33N5O5S. The van der Waals surface area contributed by atoms with Gasteiger partial charge in [-0.25, -0.2) is 13.4 Å². The number of aryl methyl sites for hydroxylation is 1. The van der Waals surface area contributed by atoms with Gasteiger partial charge in [-0.2, -0.15) is 4.31 Å². The van der Waals surface area contributed by atoms with E-state index in [1.807, 2.05) is 32.0 Å². The van der Waals surface area contributed by atoms with E-state index >= 15 is 0 Å². The molecule has 1 aromatic carbocycles. The molecule has 1 aromatic heterocycles. The predicted octanol–water partition coefficient (Wildman–Crippen LogP) is 1.03. The average molecular weight is 480 g/mol. The SMILES string of the molecule is C[C@H](CO)N1C[C@H](C)[C@H](CN(C)S(=O)(=O)c2cn(C)cn2)Oc2ccc(N(C)C)cc2C1=O. The Morgan fingerprint density at radius 3 is 2.58 bits per heavy atom. The zero-order valence-corrected chi connectivity index (χ0v) is 20.8. The Bertz CT molecular complexity index is 1100. The van der Waals surface area contributed by atoms with Crippen LogP contribution in [0.1, 0.15) is 24.2 Å². The molecule has 10 nitrogen and oxygen atoms in total. The number of nitrogens with zero attached hydrogens (tertiary/aromatic N) is 5. The first-order valence-corrected chi connectivity index (χ1v) is 12.2. The van der Waals surface area contributed by atoms with Crippen molar-refractivity contribution < 1.29 is 23.1 Å². The first-order valence-electron chi connectivity index (χ1n) is 10.8. The van der Waals surface area contributed by atoms with Crippen molar-refractivity contribution in [2.45, 2.75) is 31.0 Å². The van der Waals surface area contributed by atoms with Crippen LogP contribution in [0, 0.1) is 5.92 Å². The molecule has 0 bridgehead atoms. The van der Waals surface area contributed by atoms with Crippen LogP contribution >= 0.6 is 0 Å². The third kappa shape index (κ3) is 5.15. The zero-order valence-electron chi connectivity index (χ0n) is 20.0. The Balaban J connectivity index is 1.98. The lowest BCUT2D eigenvalue weighted by atomic mass is 9.99. The van der Waals surface area contributed by atoms with Crippen molar-refractivity contribution >= 4 is 21.6 Å². The van der Waals surface area contributed by atoms with Gasteiger partial charge in [0.25, 0.3) is 15.9 Å². The number of ether oxygens (including phenoxy) is 1. The minimum absolute atomic E-state index is 0.0345. The second-order valence-corrected chi connectivity index (χ2v) is 10.9. The van der Waals surface area contributed by atoms with Crippen LogP contribution in [0.25, 0.3) is 0 Å². The van der Waals surface area contributed by atoms with Crippen molar-refractivity contribution in [1.82, 2.24) is 18.8 Å². The molecule has 0 spiro atoms. The summed E-state index contributed by atoms with van der Waals surface area (Å²) >= 11 is 0. The van der Waals surface area contributed by atoms with Gasteiger partial charge in [0, 0.05) is 52.5 Å². The second-order valence-electron chi connectivity index (χ2n) is 8.86. The van der Waals surface area contributed by atoms with Gasteiger partial charge in [-0.15, -0.1) is 0 Å². The minimum Gasteiger partial charge on any atom is -0.488 e. The number of rotatable bonds is 7. The summed E-state index contributed by atoms with van der Waals surface area (Å²) in [6, 6.07) is 4.95. The summed E-state index contributed by atoms with van der Waals surface area (Å²) in [7, 11) is 3.16. The Kier molecular flexibility index (Phi) is 7.35. The number of aromatic nitrogens is 2. The molecule has 2 aromatic rings. The predicted molar refractivity (Wildman–Crippen MR) is 125 cm³/mol.